The Bertz CT molecular complexity index is 476. The SMILES string of the molecule is C.CC(=O)C(C)CN(C)C.CC(=O)CC(C)=O.CCC(C)C(C)=O.CNCC(C)=O. The Balaban J connectivity index is -0.0000000926. The van der Waals surface area contributed by atoms with Crippen molar-refractivity contribution in [2.24, 2.45) is 11.8 Å². The molecule has 1 N–H and O–H groups in total. The normalized spacial score (nSPS) is 10.9. The molecule has 0 aromatic heterocycles. The van der Waals surface area contributed by atoms with Gasteiger partial charge in [-0.05, 0) is 62.2 Å². The topological polar surface area (TPSA) is 101 Å². The Morgan fingerprint density at radius 3 is 1.17 bits per heavy atom. The van der Waals surface area contributed by atoms with Crippen molar-refractivity contribution in [2.45, 2.75) is 75.7 Å². The fourth-order valence-electron chi connectivity index (χ4n) is 1.56. The molecule has 0 aliphatic heterocycles. The molecule has 0 spiro atoms. The highest BCUT2D eigenvalue weighted by Gasteiger charge is 2.07. The van der Waals surface area contributed by atoms with Crippen LogP contribution in [0.1, 0.15) is 75.7 Å². The molecule has 0 aliphatic rings. The van der Waals surface area contributed by atoms with Gasteiger partial charge in [0, 0.05) is 18.4 Å². The minimum atomic E-state index is -0.0625. The standard InChI is InChI=1S/C7H15NO.C6H12O.C5H8O2.C4H9NO.CH4/c1-6(7(2)9)5-8(3)4;1-4-5(2)6(3)7;1-4(6)3-5(2)7;1-4(6)3-5-2;/h6H,5H2,1-4H3;5H,4H2,1-3H3;3H2,1-2H3;5H,3H2,1-2H3;1H4. The number of likely N-dealkylation sites (N-methyl/N-ethyl adjacent to an activating group) is 1. The maximum absolute atomic E-state index is 10.7. The van der Waals surface area contributed by atoms with Crippen molar-refractivity contribution in [1.29, 1.82) is 0 Å². The van der Waals surface area contributed by atoms with Crippen LogP contribution >= 0.6 is 0 Å². The second-order valence-electron chi connectivity index (χ2n) is 7.51. The number of ketones is 5. The van der Waals surface area contributed by atoms with Crippen LogP contribution in [0.4, 0.5) is 0 Å². The summed E-state index contributed by atoms with van der Waals surface area (Å²) in [6.07, 6.45) is 1.05. The van der Waals surface area contributed by atoms with E-state index in [4.69, 9.17) is 0 Å². The molecule has 0 fully saturated rings. The lowest BCUT2D eigenvalue weighted by Gasteiger charge is -2.13. The molecule has 0 heterocycles. The summed E-state index contributed by atoms with van der Waals surface area (Å²) in [6.45, 7) is 14.9. The Hall–Kier alpha value is -1.73. The monoisotopic (exact) mass is 432 g/mol. The van der Waals surface area contributed by atoms with E-state index < -0.39 is 0 Å². The van der Waals surface area contributed by atoms with Crippen molar-refractivity contribution in [1.82, 2.24) is 10.2 Å². The molecule has 2 unspecified atom stereocenters. The highest BCUT2D eigenvalue weighted by molar-refractivity contribution is 5.96. The van der Waals surface area contributed by atoms with Crippen LogP contribution in [0.25, 0.3) is 0 Å². The molecule has 7 heteroatoms. The molecule has 0 aromatic rings. The van der Waals surface area contributed by atoms with Crippen molar-refractivity contribution in [3.63, 3.8) is 0 Å². The molecule has 0 aromatic carbocycles. The summed E-state index contributed by atoms with van der Waals surface area (Å²) in [5.74, 6) is 1.06. The number of rotatable bonds is 9. The molecule has 0 radical (unpaired) electrons. The number of nitrogens with zero attached hydrogens (tertiary/aromatic N) is 1. The molecule has 2 atom stereocenters. The van der Waals surface area contributed by atoms with Gasteiger partial charge in [0.15, 0.2) is 0 Å². The first kappa shape index (κ1) is 38.8. The third kappa shape index (κ3) is 45.2. The molecule has 0 aliphatic carbocycles. The molecule has 0 saturated carbocycles. The third-order valence-corrected chi connectivity index (χ3v) is 3.56. The maximum Gasteiger partial charge on any atom is 0.143 e. The summed E-state index contributed by atoms with van der Waals surface area (Å²) in [5.41, 5.74) is 0. The second kappa shape index (κ2) is 25.3. The highest BCUT2D eigenvalue weighted by Crippen LogP contribution is 1.99. The lowest BCUT2D eigenvalue weighted by Crippen LogP contribution is -2.23. The number of hydrogen-bond acceptors (Lipinski definition) is 7. The van der Waals surface area contributed by atoms with Crippen LogP contribution in [0.3, 0.4) is 0 Å². The lowest BCUT2D eigenvalue weighted by atomic mass is 10.1. The van der Waals surface area contributed by atoms with Gasteiger partial charge in [0.25, 0.3) is 0 Å². The van der Waals surface area contributed by atoms with E-state index >= 15 is 0 Å². The van der Waals surface area contributed by atoms with Gasteiger partial charge in [-0.25, -0.2) is 0 Å². The predicted octanol–water partition coefficient (Wildman–Crippen LogP) is 3.38. The molecule has 0 saturated heterocycles. The number of Topliss-reactive ketones (excluding diaryl/α,β-unsaturated/α-hetero) is 5. The third-order valence-electron chi connectivity index (χ3n) is 3.56. The van der Waals surface area contributed by atoms with Gasteiger partial charge < -0.3 is 10.2 Å². The molecule has 0 bridgehead atoms. The van der Waals surface area contributed by atoms with E-state index in [-0.39, 0.29) is 48.8 Å². The number of carbonyl (C=O) groups is 5. The van der Waals surface area contributed by atoms with Gasteiger partial charge in [0.2, 0.25) is 0 Å². The highest BCUT2D eigenvalue weighted by atomic mass is 16.1. The van der Waals surface area contributed by atoms with Gasteiger partial charge in [0.05, 0.1) is 13.0 Å². The first-order valence-corrected chi connectivity index (χ1v) is 9.90. The average molecular weight is 433 g/mol. The maximum atomic E-state index is 10.7. The minimum absolute atomic E-state index is 0. The van der Waals surface area contributed by atoms with Crippen molar-refractivity contribution in [3.8, 4) is 0 Å². The lowest BCUT2D eigenvalue weighted by molar-refractivity contribution is -0.125. The van der Waals surface area contributed by atoms with Gasteiger partial charge in [-0.2, -0.15) is 0 Å². The van der Waals surface area contributed by atoms with Crippen LogP contribution < -0.4 is 5.32 Å². The smallest absolute Gasteiger partial charge is 0.143 e. The van der Waals surface area contributed by atoms with E-state index in [0.29, 0.717) is 12.3 Å². The summed E-state index contributed by atoms with van der Waals surface area (Å²) in [5, 5.41) is 2.72. The quantitative estimate of drug-likeness (QED) is 0.557. The molecular formula is C23H48N2O5. The van der Waals surface area contributed by atoms with Crippen LogP contribution in [0.5, 0.6) is 0 Å². The molecule has 0 amide bonds. The van der Waals surface area contributed by atoms with Gasteiger partial charge in [0.1, 0.15) is 28.9 Å². The van der Waals surface area contributed by atoms with E-state index in [2.05, 4.69) is 5.32 Å². The molecule has 0 rings (SSSR count). The first-order chi connectivity index (χ1) is 13.1. The van der Waals surface area contributed by atoms with Crippen LogP contribution in [0.2, 0.25) is 0 Å². The van der Waals surface area contributed by atoms with Gasteiger partial charge in [-0.1, -0.05) is 28.2 Å². The Morgan fingerprint density at radius 1 is 0.767 bits per heavy atom. The minimum Gasteiger partial charge on any atom is -0.313 e. The fourth-order valence-corrected chi connectivity index (χ4v) is 1.56. The summed E-state index contributed by atoms with van der Waals surface area (Å²) < 4.78 is 0. The summed E-state index contributed by atoms with van der Waals surface area (Å²) in [6, 6.07) is 0. The Labute approximate surface area is 185 Å². The number of nitrogens with one attached hydrogen (secondary N) is 1. The zero-order valence-electron chi connectivity index (χ0n) is 20.5. The van der Waals surface area contributed by atoms with Gasteiger partial charge in [-0.15, -0.1) is 0 Å². The summed E-state index contributed by atoms with van der Waals surface area (Å²) >= 11 is 0. The zero-order chi connectivity index (χ0) is 24.2. The van der Waals surface area contributed by atoms with E-state index in [1.54, 1.807) is 27.8 Å². The van der Waals surface area contributed by atoms with Crippen molar-refractivity contribution >= 4 is 28.9 Å². The van der Waals surface area contributed by atoms with Crippen molar-refractivity contribution in [3.05, 3.63) is 0 Å². The van der Waals surface area contributed by atoms with E-state index in [9.17, 15) is 24.0 Å². The van der Waals surface area contributed by atoms with E-state index in [1.165, 1.54) is 13.8 Å². The molecule has 7 nitrogen and oxygen atoms in total. The second-order valence-corrected chi connectivity index (χ2v) is 7.51. The van der Waals surface area contributed by atoms with E-state index in [0.717, 1.165) is 13.0 Å². The van der Waals surface area contributed by atoms with Crippen LogP contribution in [-0.2, 0) is 24.0 Å². The van der Waals surface area contributed by atoms with Crippen molar-refractivity contribution in [2.75, 3.05) is 34.2 Å². The Kier molecular flexibility index (Phi) is 32.8. The molecule has 30 heavy (non-hydrogen) atoms. The summed E-state index contributed by atoms with van der Waals surface area (Å²) in [4.78, 5) is 53.1. The largest absolute Gasteiger partial charge is 0.313 e. The van der Waals surface area contributed by atoms with E-state index in [1.807, 2.05) is 39.8 Å². The van der Waals surface area contributed by atoms with Crippen LogP contribution in [0.15, 0.2) is 0 Å². The predicted molar refractivity (Wildman–Crippen MR) is 126 cm³/mol. The fraction of sp³-hybridized carbons (Fsp3) is 0.783. The zero-order valence-corrected chi connectivity index (χ0v) is 20.5. The average Bonchev–Trinajstić information content (AvgIpc) is 2.53. The van der Waals surface area contributed by atoms with Gasteiger partial charge in [-0.3, -0.25) is 24.0 Å². The Morgan fingerprint density at radius 2 is 1.13 bits per heavy atom. The number of hydrogen-bond donors (Lipinski definition) is 1. The molecular weight excluding hydrogens is 384 g/mol. The molecule has 180 valence electrons. The van der Waals surface area contributed by atoms with Crippen LogP contribution in [-0.4, -0.2) is 68.0 Å². The first-order valence-electron chi connectivity index (χ1n) is 9.90. The summed E-state index contributed by atoms with van der Waals surface area (Å²) in [7, 11) is 5.69. The van der Waals surface area contributed by atoms with Gasteiger partial charge >= 0.3 is 0 Å². The van der Waals surface area contributed by atoms with Crippen molar-refractivity contribution < 1.29 is 24.0 Å². The van der Waals surface area contributed by atoms with Crippen LogP contribution in [0, 0.1) is 11.8 Å². The number of carbonyl (C=O) groups excluding carboxylic acids is 5.